The van der Waals surface area contributed by atoms with E-state index in [1.54, 1.807) is 6.33 Å². The maximum atomic E-state index is 4.65. The Hall–Kier alpha value is -4.07. The molecule has 0 aliphatic rings. The van der Waals surface area contributed by atoms with Crippen LogP contribution in [0.4, 0.5) is 5.82 Å². The Morgan fingerprint density at radius 2 is 1.79 bits per heavy atom. The summed E-state index contributed by atoms with van der Waals surface area (Å²) in [7, 11) is 2.01. The quantitative estimate of drug-likeness (QED) is 0.380. The fourth-order valence-electron chi connectivity index (χ4n) is 4.15. The Kier molecular flexibility index (Phi) is 5.80. The van der Waals surface area contributed by atoms with Crippen LogP contribution in [0.3, 0.4) is 0 Å². The molecular weight excluding hydrogens is 412 g/mol. The van der Waals surface area contributed by atoms with E-state index in [0.717, 1.165) is 59.5 Å². The number of aryl methyl sites for hydroxylation is 1. The predicted molar refractivity (Wildman–Crippen MR) is 130 cm³/mol. The second-order valence-electron chi connectivity index (χ2n) is 8.13. The number of H-pyrrole nitrogens is 1. The molecule has 2 aromatic carbocycles. The molecule has 0 amide bonds. The van der Waals surface area contributed by atoms with Crippen molar-refractivity contribution in [3.05, 3.63) is 72.7 Å². The number of benzene rings is 2. The van der Waals surface area contributed by atoms with Crippen LogP contribution in [0.5, 0.6) is 0 Å². The third-order valence-corrected chi connectivity index (χ3v) is 5.89. The van der Waals surface area contributed by atoms with Crippen LogP contribution < -0.4 is 4.90 Å². The van der Waals surface area contributed by atoms with Gasteiger partial charge >= 0.3 is 0 Å². The Balaban J connectivity index is 1.44. The first kappa shape index (κ1) is 20.8. The monoisotopic (exact) mass is 438 g/mol. The van der Waals surface area contributed by atoms with Crippen LogP contribution in [0.1, 0.15) is 25.3 Å². The summed E-state index contributed by atoms with van der Waals surface area (Å²) < 4.78 is 2.04. The van der Waals surface area contributed by atoms with Crippen LogP contribution in [0.25, 0.3) is 33.5 Å². The van der Waals surface area contributed by atoms with Crippen LogP contribution in [0.2, 0.25) is 0 Å². The molecule has 8 heteroatoms. The zero-order valence-electron chi connectivity index (χ0n) is 18.8. The summed E-state index contributed by atoms with van der Waals surface area (Å²) in [6.07, 6.45) is 5.94. The lowest BCUT2D eigenvalue weighted by molar-refractivity contribution is 0.709. The summed E-state index contributed by atoms with van der Waals surface area (Å²) in [5.74, 6) is 1.65. The molecule has 0 aliphatic heterocycles. The molecule has 0 radical (unpaired) electrons. The van der Waals surface area contributed by atoms with Gasteiger partial charge in [0.25, 0.3) is 0 Å². The standard InChI is InChI=1S/C25H26N8/c1-3-4-14-33(25-22-13-15-32(2)24(22)26-17-27-25)16-18-9-11-19(12-10-18)20-7-5-6-8-21(20)23-28-30-31-29-23/h5-13,15,17H,3-4,14,16H2,1-2H3,(H,28,29,30,31). The predicted octanol–water partition coefficient (Wildman–Crippen LogP) is 4.62. The molecule has 3 aromatic heterocycles. The lowest BCUT2D eigenvalue weighted by atomic mass is 9.98. The van der Waals surface area contributed by atoms with Crippen molar-refractivity contribution in [2.75, 3.05) is 11.4 Å². The Bertz CT molecular complexity index is 1340. The fourth-order valence-corrected chi connectivity index (χ4v) is 4.15. The van der Waals surface area contributed by atoms with Crippen molar-refractivity contribution in [3.63, 3.8) is 0 Å². The van der Waals surface area contributed by atoms with Crippen molar-refractivity contribution in [3.8, 4) is 22.5 Å². The largest absolute Gasteiger partial charge is 0.352 e. The molecule has 0 bridgehead atoms. The lowest BCUT2D eigenvalue weighted by Crippen LogP contribution is -2.25. The van der Waals surface area contributed by atoms with E-state index >= 15 is 0 Å². The molecular formula is C25H26N8. The minimum Gasteiger partial charge on any atom is -0.352 e. The third-order valence-electron chi connectivity index (χ3n) is 5.89. The average Bonchev–Trinajstić information content (AvgIpc) is 3.53. The highest BCUT2D eigenvalue weighted by atomic mass is 15.5. The molecule has 0 aliphatic carbocycles. The van der Waals surface area contributed by atoms with Gasteiger partial charge in [0.2, 0.25) is 0 Å². The number of nitrogens with zero attached hydrogens (tertiary/aromatic N) is 7. The van der Waals surface area contributed by atoms with Gasteiger partial charge < -0.3 is 9.47 Å². The van der Waals surface area contributed by atoms with Gasteiger partial charge in [0, 0.05) is 31.9 Å². The summed E-state index contributed by atoms with van der Waals surface area (Å²) in [4.78, 5) is 11.5. The van der Waals surface area contributed by atoms with E-state index in [2.05, 4.69) is 78.8 Å². The average molecular weight is 439 g/mol. The Morgan fingerprint density at radius 3 is 2.55 bits per heavy atom. The number of aromatic nitrogens is 7. The molecule has 8 nitrogen and oxygen atoms in total. The van der Waals surface area contributed by atoms with Crippen molar-refractivity contribution in [1.29, 1.82) is 0 Å². The molecule has 0 saturated carbocycles. The van der Waals surface area contributed by atoms with E-state index < -0.39 is 0 Å². The van der Waals surface area contributed by atoms with Crippen molar-refractivity contribution in [2.45, 2.75) is 26.3 Å². The topological polar surface area (TPSA) is 88.4 Å². The lowest BCUT2D eigenvalue weighted by Gasteiger charge is -2.24. The van der Waals surface area contributed by atoms with Gasteiger partial charge in [-0.3, -0.25) is 0 Å². The summed E-state index contributed by atoms with van der Waals surface area (Å²) in [5, 5.41) is 15.5. The maximum absolute atomic E-state index is 4.65. The van der Waals surface area contributed by atoms with Crippen molar-refractivity contribution >= 4 is 16.9 Å². The zero-order valence-corrected chi connectivity index (χ0v) is 18.8. The smallest absolute Gasteiger partial charge is 0.180 e. The minimum atomic E-state index is 0.663. The number of nitrogens with one attached hydrogen (secondary N) is 1. The number of hydrogen-bond donors (Lipinski definition) is 1. The van der Waals surface area contributed by atoms with Gasteiger partial charge in [-0.2, -0.15) is 0 Å². The molecule has 166 valence electrons. The fraction of sp³-hybridized carbons (Fsp3) is 0.240. The summed E-state index contributed by atoms with van der Waals surface area (Å²) in [5.41, 5.74) is 5.38. The normalized spacial score (nSPS) is 11.2. The van der Waals surface area contributed by atoms with E-state index in [1.807, 2.05) is 36.0 Å². The molecule has 3 heterocycles. The minimum absolute atomic E-state index is 0.663. The van der Waals surface area contributed by atoms with E-state index in [0.29, 0.717) is 5.82 Å². The third kappa shape index (κ3) is 4.19. The van der Waals surface area contributed by atoms with Crippen LogP contribution in [-0.4, -0.2) is 41.7 Å². The molecule has 1 N–H and O–H groups in total. The Labute approximate surface area is 192 Å². The van der Waals surface area contributed by atoms with E-state index in [-0.39, 0.29) is 0 Å². The molecule has 0 unspecified atom stereocenters. The van der Waals surface area contributed by atoms with Gasteiger partial charge in [0.15, 0.2) is 5.82 Å². The number of tetrazole rings is 1. The second kappa shape index (κ2) is 9.20. The van der Waals surface area contributed by atoms with Crippen molar-refractivity contribution in [1.82, 2.24) is 35.2 Å². The van der Waals surface area contributed by atoms with Gasteiger partial charge in [-0.15, -0.1) is 5.10 Å². The number of hydrogen-bond acceptors (Lipinski definition) is 6. The number of fused-ring (bicyclic) bond motifs is 1. The highest BCUT2D eigenvalue weighted by Crippen LogP contribution is 2.30. The molecule has 5 rings (SSSR count). The first-order chi connectivity index (χ1) is 16.2. The van der Waals surface area contributed by atoms with Gasteiger partial charge in [-0.25, -0.2) is 15.1 Å². The molecule has 0 atom stereocenters. The first-order valence-electron chi connectivity index (χ1n) is 11.2. The summed E-state index contributed by atoms with van der Waals surface area (Å²) in [6.45, 7) is 3.95. The van der Waals surface area contributed by atoms with Gasteiger partial charge in [-0.1, -0.05) is 61.9 Å². The van der Waals surface area contributed by atoms with Gasteiger partial charge in [0.1, 0.15) is 17.8 Å². The molecule has 0 fully saturated rings. The molecule has 0 saturated heterocycles. The first-order valence-corrected chi connectivity index (χ1v) is 11.2. The summed E-state index contributed by atoms with van der Waals surface area (Å²) in [6, 6.07) is 18.9. The molecule has 0 spiro atoms. The highest BCUT2D eigenvalue weighted by molar-refractivity contribution is 5.87. The van der Waals surface area contributed by atoms with Crippen LogP contribution in [0.15, 0.2) is 67.1 Å². The number of rotatable bonds is 8. The van der Waals surface area contributed by atoms with Crippen LogP contribution in [-0.2, 0) is 13.6 Å². The molecule has 5 aromatic rings. The van der Waals surface area contributed by atoms with E-state index in [1.165, 1.54) is 5.56 Å². The van der Waals surface area contributed by atoms with E-state index in [4.69, 9.17) is 0 Å². The van der Waals surface area contributed by atoms with Gasteiger partial charge in [0.05, 0.1) is 5.39 Å². The zero-order chi connectivity index (χ0) is 22.6. The SMILES string of the molecule is CCCCN(Cc1ccc(-c2ccccc2-c2nnn[nH]2)cc1)c1ncnc2c1ccn2C. The van der Waals surface area contributed by atoms with Crippen LogP contribution in [0, 0.1) is 0 Å². The van der Waals surface area contributed by atoms with Crippen molar-refractivity contribution in [2.24, 2.45) is 7.05 Å². The number of aromatic amines is 1. The number of anilines is 1. The van der Waals surface area contributed by atoms with E-state index in [9.17, 15) is 0 Å². The summed E-state index contributed by atoms with van der Waals surface area (Å²) >= 11 is 0. The van der Waals surface area contributed by atoms with Crippen molar-refractivity contribution < 1.29 is 0 Å². The highest BCUT2D eigenvalue weighted by Gasteiger charge is 2.15. The molecule has 33 heavy (non-hydrogen) atoms. The second-order valence-corrected chi connectivity index (χ2v) is 8.13. The van der Waals surface area contributed by atoms with Gasteiger partial charge in [-0.05, 0) is 39.6 Å². The number of unbranched alkanes of at least 4 members (excludes halogenated alkanes) is 1. The Morgan fingerprint density at radius 1 is 0.970 bits per heavy atom. The maximum Gasteiger partial charge on any atom is 0.180 e. The van der Waals surface area contributed by atoms with Crippen LogP contribution >= 0.6 is 0 Å².